The van der Waals surface area contributed by atoms with Crippen molar-refractivity contribution in [1.29, 1.82) is 0 Å². The van der Waals surface area contributed by atoms with Crippen molar-refractivity contribution >= 4 is 29.9 Å². The lowest BCUT2D eigenvalue weighted by atomic mass is 10.1. The number of guanidine groups is 1. The monoisotopic (exact) mass is 443 g/mol. The number of hydrogen-bond acceptors (Lipinski definition) is 1. The Hall–Kier alpha value is -1.70. The van der Waals surface area contributed by atoms with Gasteiger partial charge in [-0.3, -0.25) is 4.99 Å². The maximum absolute atomic E-state index is 13.6. The van der Waals surface area contributed by atoms with Gasteiger partial charge in [-0.05, 0) is 30.2 Å². The molecule has 6 heteroatoms. The molecule has 3 rings (SSSR count). The first-order valence-electron chi connectivity index (χ1n) is 7.63. The molecule has 1 fully saturated rings. The molecule has 1 aliphatic rings. The minimum absolute atomic E-state index is 0. The van der Waals surface area contributed by atoms with E-state index >= 15 is 0 Å². The van der Waals surface area contributed by atoms with E-state index in [4.69, 9.17) is 0 Å². The molecular weight excluding hydrogens is 423 g/mol. The molecule has 128 valence electrons. The second-order valence-electron chi connectivity index (χ2n) is 5.67. The second-order valence-corrected chi connectivity index (χ2v) is 5.67. The van der Waals surface area contributed by atoms with Crippen molar-refractivity contribution in [3.05, 3.63) is 71.3 Å². The van der Waals surface area contributed by atoms with Crippen molar-refractivity contribution in [2.45, 2.75) is 24.9 Å². The van der Waals surface area contributed by atoms with Crippen molar-refractivity contribution in [3.8, 4) is 0 Å². The van der Waals surface area contributed by atoms with Gasteiger partial charge < -0.3 is 10.6 Å². The molecule has 3 nitrogen and oxygen atoms in total. The van der Waals surface area contributed by atoms with Crippen LogP contribution in [-0.4, -0.2) is 19.0 Å². The molecule has 0 aliphatic heterocycles. The van der Waals surface area contributed by atoms with Crippen LogP contribution in [0.5, 0.6) is 0 Å². The second kappa shape index (κ2) is 8.41. The summed E-state index contributed by atoms with van der Waals surface area (Å²) in [7, 11) is 1.66. The normalized spacial score (nSPS) is 19.4. The van der Waals surface area contributed by atoms with Crippen molar-refractivity contribution in [2.75, 3.05) is 7.05 Å². The lowest BCUT2D eigenvalue weighted by molar-refractivity contribution is 0.581. The van der Waals surface area contributed by atoms with Gasteiger partial charge in [0.05, 0.1) is 0 Å². The van der Waals surface area contributed by atoms with E-state index in [-0.39, 0.29) is 36.1 Å². The molecule has 2 atom stereocenters. The smallest absolute Gasteiger partial charge is 0.191 e. The van der Waals surface area contributed by atoms with Crippen LogP contribution in [0.25, 0.3) is 0 Å². The Labute approximate surface area is 157 Å². The van der Waals surface area contributed by atoms with E-state index in [1.54, 1.807) is 7.05 Å². The number of halogens is 3. The predicted octanol–water partition coefficient (Wildman–Crippen LogP) is 3.80. The number of aliphatic imine (C=N–C) groups is 1. The average molecular weight is 443 g/mol. The molecule has 1 saturated carbocycles. The highest BCUT2D eigenvalue weighted by atomic mass is 127. The van der Waals surface area contributed by atoms with E-state index in [0.717, 1.165) is 18.6 Å². The summed E-state index contributed by atoms with van der Waals surface area (Å²) in [6, 6.07) is 14.1. The van der Waals surface area contributed by atoms with E-state index in [9.17, 15) is 8.78 Å². The number of benzene rings is 2. The fraction of sp³-hybridized carbons (Fsp3) is 0.278. The number of nitrogens with one attached hydrogen (secondary N) is 2. The first-order valence-corrected chi connectivity index (χ1v) is 7.63. The van der Waals surface area contributed by atoms with Gasteiger partial charge in [0.15, 0.2) is 5.96 Å². The highest BCUT2D eigenvalue weighted by Gasteiger charge is 2.38. The summed E-state index contributed by atoms with van der Waals surface area (Å²) in [5.41, 5.74) is 1.58. The van der Waals surface area contributed by atoms with E-state index in [1.165, 1.54) is 11.6 Å². The Balaban J connectivity index is 0.00000208. The lowest BCUT2D eigenvalue weighted by Gasteiger charge is -2.12. The molecule has 0 saturated heterocycles. The van der Waals surface area contributed by atoms with Crippen molar-refractivity contribution < 1.29 is 8.78 Å². The Morgan fingerprint density at radius 1 is 1.17 bits per heavy atom. The zero-order valence-electron chi connectivity index (χ0n) is 13.3. The fourth-order valence-electron chi connectivity index (χ4n) is 2.65. The van der Waals surface area contributed by atoms with Crippen LogP contribution in [0.15, 0.2) is 53.5 Å². The minimum atomic E-state index is -0.447. The van der Waals surface area contributed by atoms with Crippen molar-refractivity contribution in [2.24, 2.45) is 4.99 Å². The molecule has 0 aromatic heterocycles. The third kappa shape index (κ3) is 4.66. The molecule has 0 amide bonds. The van der Waals surface area contributed by atoms with Crippen molar-refractivity contribution in [1.82, 2.24) is 10.6 Å². The minimum Gasteiger partial charge on any atom is -0.353 e. The predicted molar refractivity (Wildman–Crippen MR) is 103 cm³/mol. The van der Waals surface area contributed by atoms with Gasteiger partial charge in [0.25, 0.3) is 0 Å². The zero-order valence-corrected chi connectivity index (χ0v) is 15.6. The fourth-order valence-corrected chi connectivity index (χ4v) is 2.65. The Morgan fingerprint density at radius 2 is 1.92 bits per heavy atom. The van der Waals surface area contributed by atoms with Crippen LogP contribution in [0.4, 0.5) is 8.78 Å². The maximum atomic E-state index is 13.6. The molecule has 0 radical (unpaired) electrons. The summed E-state index contributed by atoms with van der Waals surface area (Å²) < 4.78 is 26.8. The average Bonchev–Trinajstić information content (AvgIpc) is 3.34. The summed E-state index contributed by atoms with van der Waals surface area (Å²) in [5, 5.41) is 6.35. The summed E-state index contributed by atoms with van der Waals surface area (Å²) in [4.78, 5) is 4.14. The van der Waals surface area contributed by atoms with Crippen LogP contribution in [0, 0.1) is 11.6 Å². The maximum Gasteiger partial charge on any atom is 0.191 e. The van der Waals surface area contributed by atoms with Crippen LogP contribution in [0.1, 0.15) is 23.5 Å². The van der Waals surface area contributed by atoms with Gasteiger partial charge in [-0.2, -0.15) is 0 Å². The summed E-state index contributed by atoms with van der Waals surface area (Å²) in [6.07, 6.45) is 1.04. The standard InChI is InChI=1S/C18H19F2N3.HI/c1-21-18(22-11-13-9-14(19)7-8-16(13)20)23-17-10-15(17)12-5-3-2-4-6-12;/h2-9,15,17H,10-11H2,1H3,(H2,21,22,23);1H. The Morgan fingerprint density at radius 3 is 2.62 bits per heavy atom. The van der Waals surface area contributed by atoms with Crippen LogP contribution in [-0.2, 0) is 6.54 Å². The van der Waals surface area contributed by atoms with E-state index in [0.29, 0.717) is 17.9 Å². The molecule has 2 aromatic rings. The molecular formula is C18H20F2IN3. The van der Waals surface area contributed by atoms with E-state index in [1.807, 2.05) is 18.2 Å². The molecule has 0 bridgehead atoms. The highest BCUT2D eigenvalue weighted by Crippen LogP contribution is 2.40. The van der Waals surface area contributed by atoms with Gasteiger partial charge >= 0.3 is 0 Å². The van der Waals surface area contributed by atoms with Gasteiger partial charge in [0.1, 0.15) is 11.6 Å². The molecule has 0 spiro atoms. The summed E-state index contributed by atoms with van der Waals surface area (Å²) in [6.45, 7) is 0.186. The molecule has 2 N–H and O–H groups in total. The van der Waals surface area contributed by atoms with E-state index in [2.05, 4.69) is 27.8 Å². The van der Waals surface area contributed by atoms with Crippen molar-refractivity contribution in [3.63, 3.8) is 0 Å². The summed E-state index contributed by atoms with van der Waals surface area (Å²) in [5.74, 6) is 0.193. The highest BCUT2D eigenvalue weighted by molar-refractivity contribution is 14.0. The van der Waals surface area contributed by atoms with Crippen LogP contribution in [0.3, 0.4) is 0 Å². The Bertz CT molecular complexity index is 707. The molecule has 1 aliphatic carbocycles. The topological polar surface area (TPSA) is 36.4 Å². The van der Waals surface area contributed by atoms with Gasteiger partial charge in [-0.1, -0.05) is 30.3 Å². The van der Waals surface area contributed by atoms with E-state index < -0.39 is 11.6 Å². The van der Waals surface area contributed by atoms with Crippen LogP contribution in [0.2, 0.25) is 0 Å². The van der Waals surface area contributed by atoms with Gasteiger partial charge in [-0.25, -0.2) is 8.78 Å². The SMILES string of the molecule is CN=C(NCc1cc(F)ccc1F)NC1CC1c1ccccc1.I. The third-order valence-corrected chi connectivity index (χ3v) is 4.02. The first kappa shape index (κ1) is 18.6. The van der Waals surface area contributed by atoms with Gasteiger partial charge in [0.2, 0.25) is 0 Å². The molecule has 2 aromatic carbocycles. The van der Waals surface area contributed by atoms with Crippen LogP contribution < -0.4 is 10.6 Å². The number of nitrogens with zero attached hydrogens (tertiary/aromatic N) is 1. The van der Waals surface area contributed by atoms with Gasteiger partial charge in [-0.15, -0.1) is 24.0 Å². The molecule has 24 heavy (non-hydrogen) atoms. The third-order valence-electron chi connectivity index (χ3n) is 4.02. The first-order chi connectivity index (χ1) is 11.2. The largest absolute Gasteiger partial charge is 0.353 e. The zero-order chi connectivity index (χ0) is 16.2. The lowest BCUT2D eigenvalue weighted by Crippen LogP contribution is -2.38. The molecule has 2 unspecified atom stereocenters. The van der Waals surface area contributed by atoms with Crippen LogP contribution >= 0.6 is 24.0 Å². The summed E-state index contributed by atoms with van der Waals surface area (Å²) >= 11 is 0. The molecule has 0 heterocycles. The Kier molecular flexibility index (Phi) is 6.53. The number of hydrogen-bond donors (Lipinski definition) is 2. The quantitative estimate of drug-likeness (QED) is 0.429. The number of rotatable bonds is 4. The van der Waals surface area contributed by atoms with Gasteiger partial charge in [0, 0.05) is 31.1 Å².